The monoisotopic (exact) mass is 250 g/mol. The Kier molecular flexibility index (Phi) is 5.21. The third kappa shape index (κ3) is 4.89. The molecule has 0 radical (unpaired) electrons. The maximum absolute atomic E-state index is 10.5. The number of anilines is 1. The molecule has 98 valence electrons. The normalized spacial score (nSPS) is 11.8. The van der Waals surface area contributed by atoms with Gasteiger partial charge in [-0.05, 0) is 26.2 Å². The first-order valence-corrected chi connectivity index (χ1v) is 5.78. The number of hydrogen-bond donors (Lipinski definition) is 4. The number of carbonyl (C=O) groups is 1. The summed E-state index contributed by atoms with van der Waals surface area (Å²) in [6.45, 7) is 4.04. The zero-order valence-corrected chi connectivity index (χ0v) is 10.5. The fraction of sp³-hybridized carbons (Fsp3) is 0.500. The first-order chi connectivity index (χ1) is 8.49. The van der Waals surface area contributed by atoms with E-state index < -0.39 is 12.0 Å². The van der Waals surface area contributed by atoms with Crippen molar-refractivity contribution < 1.29 is 9.90 Å². The van der Waals surface area contributed by atoms with Gasteiger partial charge in [0.25, 0.3) is 0 Å². The summed E-state index contributed by atoms with van der Waals surface area (Å²) in [6, 6.07) is 1.27. The SMILES string of the molecule is CC(C)Nc1cc(C#CCCC(N)C(=O)O)[nH]n1. The molecule has 0 saturated heterocycles. The highest BCUT2D eigenvalue weighted by molar-refractivity contribution is 5.73. The highest BCUT2D eigenvalue weighted by Gasteiger charge is 2.09. The molecular formula is C12H18N4O2. The second-order valence-corrected chi connectivity index (χ2v) is 4.25. The van der Waals surface area contributed by atoms with Gasteiger partial charge < -0.3 is 16.2 Å². The van der Waals surface area contributed by atoms with E-state index in [1.807, 2.05) is 19.9 Å². The summed E-state index contributed by atoms with van der Waals surface area (Å²) in [5, 5.41) is 18.6. The molecule has 0 aromatic carbocycles. The lowest BCUT2D eigenvalue weighted by molar-refractivity contribution is -0.138. The average molecular weight is 250 g/mol. The standard InChI is InChI=1S/C12H18N4O2/c1-8(2)14-11-7-9(15-16-11)5-3-4-6-10(13)12(17)18/h7-8,10H,4,6,13H2,1-2H3,(H,17,18)(H2,14,15,16). The van der Waals surface area contributed by atoms with Gasteiger partial charge in [-0.2, -0.15) is 5.10 Å². The molecular weight excluding hydrogens is 232 g/mol. The molecule has 1 atom stereocenters. The Morgan fingerprint density at radius 1 is 1.67 bits per heavy atom. The van der Waals surface area contributed by atoms with Gasteiger partial charge in [-0.15, -0.1) is 0 Å². The summed E-state index contributed by atoms with van der Waals surface area (Å²) in [7, 11) is 0. The zero-order valence-electron chi connectivity index (χ0n) is 10.5. The minimum Gasteiger partial charge on any atom is -0.480 e. The number of rotatable bonds is 5. The van der Waals surface area contributed by atoms with Crippen LogP contribution in [0.15, 0.2) is 6.07 Å². The number of nitrogens with one attached hydrogen (secondary N) is 2. The van der Waals surface area contributed by atoms with E-state index in [9.17, 15) is 4.79 Å². The summed E-state index contributed by atoms with van der Waals surface area (Å²) in [5.74, 6) is 5.49. The van der Waals surface area contributed by atoms with Crippen LogP contribution in [0.4, 0.5) is 5.82 Å². The highest BCUT2D eigenvalue weighted by Crippen LogP contribution is 2.05. The number of hydrogen-bond acceptors (Lipinski definition) is 4. The van der Waals surface area contributed by atoms with Crippen LogP contribution in [0.3, 0.4) is 0 Å². The van der Waals surface area contributed by atoms with Crippen molar-refractivity contribution >= 4 is 11.8 Å². The van der Waals surface area contributed by atoms with Gasteiger partial charge in [0.15, 0.2) is 0 Å². The number of aromatic amines is 1. The summed E-state index contributed by atoms with van der Waals surface area (Å²) < 4.78 is 0. The molecule has 1 heterocycles. The van der Waals surface area contributed by atoms with Crippen molar-refractivity contribution in [2.75, 3.05) is 5.32 Å². The van der Waals surface area contributed by atoms with Crippen molar-refractivity contribution in [3.63, 3.8) is 0 Å². The Labute approximate surface area is 106 Å². The van der Waals surface area contributed by atoms with Crippen LogP contribution >= 0.6 is 0 Å². The molecule has 0 aliphatic rings. The third-order valence-corrected chi connectivity index (χ3v) is 2.14. The summed E-state index contributed by atoms with van der Waals surface area (Å²) in [4.78, 5) is 10.5. The van der Waals surface area contributed by atoms with Crippen molar-refractivity contribution in [2.24, 2.45) is 5.73 Å². The predicted molar refractivity (Wildman–Crippen MR) is 69.1 cm³/mol. The molecule has 1 unspecified atom stereocenters. The quantitative estimate of drug-likeness (QED) is 0.578. The van der Waals surface area contributed by atoms with E-state index in [1.165, 1.54) is 0 Å². The molecule has 0 aliphatic heterocycles. The van der Waals surface area contributed by atoms with E-state index in [0.717, 1.165) is 5.82 Å². The maximum atomic E-state index is 10.5. The minimum atomic E-state index is -0.998. The van der Waals surface area contributed by atoms with E-state index in [0.29, 0.717) is 24.6 Å². The van der Waals surface area contributed by atoms with Crippen LogP contribution in [-0.2, 0) is 4.79 Å². The molecule has 5 N–H and O–H groups in total. The van der Waals surface area contributed by atoms with Gasteiger partial charge in [0, 0.05) is 18.5 Å². The first-order valence-electron chi connectivity index (χ1n) is 5.78. The molecule has 0 spiro atoms. The van der Waals surface area contributed by atoms with E-state index in [2.05, 4.69) is 27.4 Å². The molecule has 1 rings (SSSR count). The lowest BCUT2D eigenvalue weighted by atomic mass is 10.2. The van der Waals surface area contributed by atoms with Gasteiger partial charge in [0.2, 0.25) is 0 Å². The number of carboxylic acids is 1. The molecule has 1 aromatic rings. The van der Waals surface area contributed by atoms with Gasteiger partial charge in [-0.3, -0.25) is 9.89 Å². The average Bonchev–Trinajstić information content (AvgIpc) is 2.70. The van der Waals surface area contributed by atoms with E-state index >= 15 is 0 Å². The van der Waals surface area contributed by atoms with Crippen LogP contribution in [-0.4, -0.2) is 33.4 Å². The van der Waals surface area contributed by atoms with Crippen molar-refractivity contribution in [3.8, 4) is 11.8 Å². The van der Waals surface area contributed by atoms with Crippen LogP contribution in [0, 0.1) is 11.8 Å². The predicted octanol–water partition coefficient (Wildman–Crippen LogP) is 0.774. The van der Waals surface area contributed by atoms with Crippen LogP contribution in [0.25, 0.3) is 0 Å². The van der Waals surface area contributed by atoms with Gasteiger partial charge in [0.05, 0.1) is 0 Å². The molecule has 1 aromatic heterocycles. The Hall–Kier alpha value is -2.00. The van der Waals surface area contributed by atoms with Crippen LogP contribution in [0.1, 0.15) is 32.4 Å². The molecule has 0 aliphatic carbocycles. The summed E-state index contributed by atoms with van der Waals surface area (Å²) >= 11 is 0. The van der Waals surface area contributed by atoms with E-state index in [4.69, 9.17) is 10.8 Å². The Morgan fingerprint density at radius 3 is 3.00 bits per heavy atom. The Morgan fingerprint density at radius 2 is 2.39 bits per heavy atom. The molecule has 0 saturated carbocycles. The van der Waals surface area contributed by atoms with E-state index in [-0.39, 0.29) is 0 Å². The number of H-pyrrole nitrogens is 1. The number of nitrogens with two attached hydrogens (primary N) is 1. The van der Waals surface area contributed by atoms with Gasteiger partial charge in [0.1, 0.15) is 17.6 Å². The number of aromatic nitrogens is 2. The largest absolute Gasteiger partial charge is 0.480 e. The highest BCUT2D eigenvalue weighted by atomic mass is 16.4. The van der Waals surface area contributed by atoms with Crippen LogP contribution in [0.2, 0.25) is 0 Å². The minimum absolute atomic E-state index is 0.308. The maximum Gasteiger partial charge on any atom is 0.320 e. The van der Waals surface area contributed by atoms with Crippen molar-refractivity contribution in [3.05, 3.63) is 11.8 Å². The molecule has 0 fully saturated rings. The lowest BCUT2D eigenvalue weighted by Crippen LogP contribution is -2.29. The fourth-order valence-electron chi connectivity index (χ4n) is 1.26. The first kappa shape index (κ1) is 14.1. The summed E-state index contributed by atoms with van der Waals surface area (Å²) in [5.41, 5.74) is 6.05. The Balaban J connectivity index is 2.43. The van der Waals surface area contributed by atoms with Crippen molar-refractivity contribution in [1.82, 2.24) is 10.2 Å². The molecule has 0 amide bonds. The van der Waals surface area contributed by atoms with E-state index in [1.54, 1.807) is 0 Å². The second kappa shape index (κ2) is 6.67. The van der Waals surface area contributed by atoms with Crippen molar-refractivity contribution in [2.45, 2.75) is 38.8 Å². The smallest absolute Gasteiger partial charge is 0.320 e. The number of carboxylic acid groups (broad SMARTS) is 1. The second-order valence-electron chi connectivity index (χ2n) is 4.25. The zero-order chi connectivity index (χ0) is 13.5. The van der Waals surface area contributed by atoms with Crippen LogP contribution < -0.4 is 11.1 Å². The topological polar surface area (TPSA) is 104 Å². The van der Waals surface area contributed by atoms with Gasteiger partial charge in [-0.1, -0.05) is 5.92 Å². The Bertz CT molecular complexity index is 456. The molecule has 18 heavy (non-hydrogen) atoms. The number of aliphatic carboxylic acids is 1. The van der Waals surface area contributed by atoms with Crippen molar-refractivity contribution in [1.29, 1.82) is 0 Å². The van der Waals surface area contributed by atoms with Gasteiger partial charge >= 0.3 is 5.97 Å². The molecule has 6 heteroatoms. The van der Waals surface area contributed by atoms with Gasteiger partial charge in [-0.25, -0.2) is 0 Å². The third-order valence-electron chi connectivity index (χ3n) is 2.14. The fourth-order valence-corrected chi connectivity index (χ4v) is 1.26. The van der Waals surface area contributed by atoms with Crippen LogP contribution in [0.5, 0.6) is 0 Å². The summed E-state index contributed by atoms with van der Waals surface area (Å²) in [6.07, 6.45) is 0.785. The molecule has 0 bridgehead atoms. The molecule has 6 nitrogen and oxygen atoms in total. The lowest BCUT2D eigenvalue weighted by Gasteiger charge is -2.03. The number of nitrogens with zero attached hydrogens (tertiary/aromatic N) is 1.